The fraction of sp³-hybridized carbons (Fsp3) is 0.118. The molecule has 0 saturated carbocycles. The van der Waals surface area contributed by atoms with Crippen LogP contribution in [0.3, 0.4) is 0 Å². The second kappa shape index (κ2) is 8.13. The first-order chi connectivity index (χ1) is 11.5. The molecule has 0 aliphatic heterocycles. The van der Waals surface area contributed by atoms with E-state index >= 15 is 0 Å². The molecule has 0 atom stereocenters. The Hall–Kier alpha value is -2.85. The van der Waals surface area contributed by atoms with Crippen molar-refractivity contribution in [1.29, 1.82) is 5.26 Å². The number of carbonyl (C=O) groups excluding carboxylic acids is 2. The van der Waals surface area contributed by atoms with E-state index in [1.807, 2.05) is 6.92 Å². The van der Waals surface area contributed by atoms with E-state index in [0.717, 1.165) is 10.0 Å². The van der Waals surface area contributed by atoms with Crippen LogP contribution in [-0.4, -0.2) is 18.5 Å². The van der Waals surface area contributed by atoms with Crippen LogP contribution >= 0.6 is 15.9 Å². The van der Waals surface area contributed by atoms with Crippen LogP contribution in [0, 0.1) is 18.3 Å². The van der Waals surface area contributed by atoms with Crippen LogP contribution in [-0.2, 0) is 14.3 Å². The van der Waals surface area contributed by atoms with E-state index in [4.69, 9.17) is 14.4 Å². The molecule has 7 heteroatoms. The lowest BCUT2D eigenvalue weighted by atomic mass is 10.2. The van der Waals surface area contributed by atoms with E-state index < -0.39 is 18.5 Å². The molecule has 1 aromatic heterocycles. The number of carbonyl (C=O) groups is 2. The van der Waals surface area contributed by atoms with Crippen LogP contribution in [0.5, 0.6) is 0 Å². The third-order valence-corrected chi connectivity index (χ3v) is 3.84. The van der Waals surface area contributed by atoms with Gasteiger partial charge < -0.3 is 14.5 Å². The maximum absolute atomic E-state index is 11.8. The molecular weight excluding hydrogens is 376 g/mol. The molecule has 0 spiro atoms. The molecule has 0 aliphatic carbocycles. The van der Waals surface area contributed by atoms with Crippen LogP contribution in [0.4, 0.5) is 5.69 Å². The van der Waals surface area contributed by atoms with Gasteiger partial charge in [0, 0.05) is 16.2 Å². The van der Waals surface area contributed by atoms with E-state index in [1.54, 1.807) is 36.4 Å². The molecule has 2 aromatic rings. The molecule has 0 unspecified atom stereocenters. The molecule has 0 fully saturated rings. The van der Waals surface area contributed by atoms with E-state index in [9.17, 15) is 9.59 Å². The van der Waals surface area contributed by atoms with Gasteiger partial charge in [-0.15, -0.1) is 0 Å². The van der Waals surface area contributed by atoms with E-state index in [2.05, 4.69) is 21.2 Å². The fourth-order valence-electron chi connectivity index (χ4n) is 1.78. The molecule has 122 valence electrons. The molecule has 1 aromatic carbocycles. The van der Waals surface area contributed by atoms with Crippen LogP contribution in [0.15, 0.2) is 51.1 Å². The number of aryl methyl sites for hydroxylation is 1. The first-order valence-electron chi connectivity index (χ1n) is 6.88. The minimum absolute atomic E-state index is 0.253. The molecule has 0 radical (unpaired) electrons. The number of anilines is 1. The SMILES string of the molecule is Cc1cc(NC(=O)COC(=O)/C(C#N)=C/c2ccco2)ccc1Br. The number of rotatable bonds is 5. The lowest BCUT2D eigenvalue weighted by Gasteiger charge is -2.07. The lowest BCUT2D eigenvalue weighted by Crippen LogP contribution is -2.21. The topological polar surface area (TPSA) is 92.3 Å². The first-order valence-corrected chi connectivity index (χ1v) is 7.67. The number of nitrogens with one attached hydrogen (secondary N) is 1. The number of benzene rings is 1. The van der Waals surface area contributed by atoms with Gasteiger partial charge in [-0.05, 0) is 42.8 Å². The zero-order chi connectivity index (χ0) is 17.5. The first kappa shape index (κ1) is 17.5. The van der Waals surface area contributed by atoms with Crippen molar-refractivity contribution in [1.82, 2.24) is 0 Å². The molecule has 1 amide bonds. The monoisotopic (exact) mass is 388 g/mol. The summed E-state index contributed by atoms with van der Waals surface area (Å²) >= 11 is 3.37. The van der Waals surface area contributed by atoms with Gasteiger partial charge in [-0.25, -0.2) is 4.79 Å². The summed E-state index contributed by atoms with van der Waals surface area (Å²) in [7, 11) is 0. The van der Waals surface area contributed by atoms with Gasteiger partial charge in [0.1, 0.15) is 17.4 Å². The number of halogens is 1. The maximum Gasteiger partial charge on any atom is 0.349 e. The Kier molecular flexibility index (Phi) is 5.93. The molecule has 0 saturated heterocycles. The average Bonchev–Trinajstić information content (AvgIpc) is 3.07. The summed E-state index contributed by atoms with van der Waals surface area (Å²) in [5, 5.41) is 11.6. The van der Waals surface area contributed by atoms with Gasteiger partial charge in [-0.2, -0.15) is 5.26 Å². The third-order valence-electron chi connectivity index (χ3n) is 2.95. The molecule has 2 rings (SSSR count). The van der Waals surface area contributed by atoms with Crippen molar-refractivity contribution in [2.24, 2.45) is 0 Å². The zero-order valence-corrected chi connectivity index (χ0v) is 14.3. The average molecular weight is 389 g/mol. The van der Waals surface area contributed by atoms with Gasteiger partial charge in [0.2, 0.25) is 0 Å². The van der Waals surface area contributed by atoms with Crippen molar-refractivity contribution in [3.63, 3.8) is 0 Å². The highest BCUT2D eigenvalue weighted by atomic mass is 79.9. The molecule has 6 nitrogen and oxygen atoms in total. The number of nitriles is 1. The lowest BCUT2D eigenvalue weighted by molar-refractivity contribution is -0.142. The Labute approximate surface area is 146 Å². The highest BCUT2D eigenvalue weighted by Crippen LogP contribution is 2.19. The van der Waals surface area contributed by atoms with Crippen molar-refractivity contribution < 1.29 is 18.7 Å². The Morgan fingerprint density at radius 3 is 2.83 bits per heavy atom. The minimum Gasteiger partial charge on any atom is -0.465 e. The highest BCUT2D eigenvalue weighted by Gasteiger charge is 2.14. The summed E-state index contributed by atoms with van der Waals surface area (Å²) < 4.78 is 10.8. The van der Waals surface area contributed by atoms with Crippen molar-refractivity contribution in [2.45, 2.75) is 6.92 Å². The standard InChI is InChI=1S/C17H13BrN2O4/c1-11-7-13(4-5-15(11)18)20-16(21)10-24-17(22)12(9-19)8-14-3-2-6-23-14/h2-8H,10H2,1H3,(H,20,21)/b12-8+. The number of amides is 1. The van der Waals surface area contributed by atoms with Gasteiger partial charge in [0.25, 0.3) is 5.91 Å². The largest absolute Gasteiger partial charge is 0.465 e. The Balaban J connectivity index is 1.92. The van der Waals surface area contributed by atoms with Gasteiger partial charge >= 0.3 is 5.97 Å². The second-order valence-electron chi connectivity index (χ2n) is 4.77. The summed E-state index contributed by atoms with van der Waals surface area (Å²) in [6.45, 7) is 1.39. The van der Waals surface area contributed by atoms with Crippen LogP contribution in [0.2, 0.25) is 0 Å². The van der Waals surface area contributed by atoms with Crippen LogP contribution < -0.4 is 5.32 Å². The number of nitrogens with zero attached hydrogens (tertiary/aromatic N) is 1. The quantitative estimate of drug-likeness (QED) is 0.481. The van der Waals surface area contributed by atoms with Crippen molar-refractivity contribution in [2.75, 3.05) is 11.9 Å². The normalized spacial score (nSPS) is 10.8. The molecule has 1 heterocycles. The van der Waals surface area contributed by atoms with Gasteiger partial charge in [0.05, 0.1) is 6.26 Å². The summed E-state index contributed by atoms with van der Waals surface area (Å²) in [6.07, 6.45) is 2.66. The summed E-state index contributed by atoms with van der Waals surface area (Å²) in [6, 6.07) is 10.2. The number of hydrogen-bond acceptors (Lipinski definition) is 5. The smallest absolute Gasteiger partial charge is 0.349 e. The number of ether oxygens (including phenoxy) is 1. The number of hydrogen-bond donors (Lipinski definition) is 1. The third kappa shape index (κ3) is 4.83. The molecular formula is C17H13BrN2O4. The number of furan rings is 1. The predicted octanol–water partition coefficient (Wildman–Crippen LogP) is 3.44. The van der Waals surface area contributed by atoms with Gasteiger partial charge in [-0.3, -0.25) is 4.79 Å². The van der Waals surface area contributed by atoms with E-state index in [1.165, 1.54) is 12.3 Å². The minimum atomic E-state index is -0.893. The van der Waals surface area contributed by atoms with Gasteiger partial charge in [-0.1, -0.05) is 15.9 Å². The summed E-state index contributed by atoms with van der Waals surface area (Å²) in [5.41, 5.74) is 1.29. The summed E-state index contributed by atoms with van der Waals surface area (Å²) in [4.78, 5) is 23.6. The van der Waals surface area contributed by atoms with Gasteiger partial charge in [0.15, 0.2) is 6.61 Å². The van der Waals surface area contributed by atoms with Crippen LogP contribution in [0.25, 0.3) is 6.08 Å². The van der Waals surface area contributed by atoms with Crippen molar-refractivity contribution in [3.05, 3.63) is 58.0 Å². The molecule has 24 heavy (non-hydrogen) atoms. The Morgan fingerprint density at radius 2 is 2.21 bits per heavy atom. The zero-order valence-electron chi connectivity index (χ0n) is 12.7. The molecule has 0 bridgehead atoms. The van der Waals surface area contributed by atoms with Crippen molar-refractivity contribution in [3.8, 4) is 6.07 Å². The van der Waals surface area contributed by atoms with Crippen LogP contribution in [0.1, 0.15) is 11.3 Å². The predicted molar refractivity (Wildman–Crippen MR) is 90.8 cm³/mol. The van der Waals surface area contributed by atoms with E-state index in [0.29, 0.717) is 11.4 Å². The summed E-state index contributed by atoms with van der Waals surface area (Å²) in [5.74, 6) is -1.05. The molecule has 0 aliphatic rings. The number of esters is 1. The second-order valence-corrected chi connectivity index (χ2v) is 5.63. The van der Waals surface area contributed by atoms with Crippen molar-refractivity contribution >= 4 is 39.6 Å². The Bertz CT molecular complexity index is 820. The maximum atomic E-state index is 11.8. The van der Waals surface area contributed by atoms with E-state index in [-0.39, 0.29) is 5.57 Å². The molecule has 1 N–H and O–H groups in total. The highest BCUT2D eigenvalue weighted by molar-refractivity contribution is 9.10. The Morgan fingerprint density at radius 1 is 1.42 bits per heavy atom. The fourth-order valence-corrected chi connectivity index (χ4v) is 2.03.